The van der Waals surface area contributed by atoms with E-state index in [0.29, 0.717) is 29.1 Å². The predicted molar refractivity (Wildman–Crippen MR) is 128 cm³/mol. The summed E-state index contributed by atoms with van der Waals surface area (Å²) in [6.45, 7) is 2.72. The number of hydrogen-bond donors (Lipinski definition) is 3. The van der Waals surface area contributed by atoms with Crippen LogP contribution in [0.5, 0.6) is 5.88 Å². The maximum Gasteiger partial charge on any atom is 0.251 e. The first kappa shape index (κ1) is 20.7. The first-order valence-corrected chi connectivity index (χ1v) is 11.1. The zero-order valence-electron chi connectivity index (χ0n) is 18.3. The third-order valence-electron chi connectivity index (χ3n) is 5.73. The van der Waals surface area contributed by atoms with Crippen LogP contribution in [0, 0.1) is 0 Å². The first-order chi connectivity index (χ1) is 16.2. The average Bonchev–Trinajstić information content (AvgIpc) is 3.40. The number of nitrogens with one attached hydrogen (secondary N) is 2. The lowest BCUT2D eigenvalue weighted by Gasteiger charge is -2.10. The Morgan fingerprint density at radius 2 is 1.64 bits per heavy atom. The number of amides is 1. The predicted octanol–water partition coefficient (Wildman–Crippen LogP) is 4.07. The largest absolute Gasteiger partial charge is 0.494 e. The average molecular weight is 437 g/mol. The number of fused-ring (bicyclic) bond motifs is 2. The van der Waals surface area contributed by atoms with Crippen molar-refractivity contribution in [3.8, 4) is 5.88 Å². The molecular weight excluding hydrogens is 412 g/mol. The molecule has 4 aromatic rings. The minimum Gasteiger partial charge on any atom is -0.494 e. The van der Waals surface area contributed by atoms with E-state index < -0.39 is 0 Å². The van der Waals surface area contributed by atoms with Gasteiger partial charge in [0.05, 0.1) is 16.3 Å². The van der Waals surface area contributed by atoms with Crippen LogP contribution < -0.4 is 16.0 Å². The molecule has 3 N–H and O–H groups in total. The summed E-state index contributed by atoms with van der Waals surface area (Å²) in [5, 5.41) is 16.2. The molecule has 0 spiro atoms. The summed E-state index contributed by atoms with van der Waals surface area (Å²) in [6, 6.07) is 22.8. The zero-order chi connectivity index (χ0) is 22.8. The van der Waals surface area contributed by atoms with Crippen molar-refractivity contribution in [1.29, 1.82) is 0 Å². The molecule has 1 amide bonds. The molecule has 0 saturated carbocycles. The van der Waals surface area contributed by atoms with E-state index >= 15 is 0 Å². The Morgan fingerprint density at radius 1 is 0.939 bits per heavy atom. The van der Waals surface area contributed by atoms with Crippen molar-refractivity contribution in [3.05, 3.63) is 106 Å². The fourth-order valence-electron chi connectivity index (χ4n) is 4.06. The van der Waals surface area contributed by atoms with Crippen molar-refractivity contribution in [2.24, 2.45) is 9.98 Å². The van der Waals surface area contributed by atoms with Crippen LogP contribution in [0.25, 0.3) is 16.5 Å². The summed E-state index contributed by atoms with van der Waals surface area (Å²) in [4.78, 5) is 25.2. The topological polar surface area (TPSA) is 89.8 Å². The van der Waals surface area contributed by atoms with Crippen molar-refractivity contribution in [2.75, 3.05) is 6.54 Å². The molecular formula is C27H24N4O2. The van der Waals surface area contributed by atoms with Gasteiger partial charge >= 0.3 is 0 Å². The number of carbonyl (C=O) groups excluding carboxylic acids is 1. The smallest absolute Gasteiger partial charge is 0.251 e. The molecule has 1 aromatic heterocycles. The highest BCUT2D eigenvalue weighted by molar-refractivity contribution is 6.04. The van der Waals surface area contributed by atoms with Gasteiger partial charge in [0.25, 0.3) is 5.91 Å². The highest BCUT2D eigenvalue weighted by Gasteiger charge is 2.22. The number of benzene rings is 3. The molecule has 0 atom stereocenters. The van der Waals surface area contributed by atoms with Crippen LogP contribution in [0.1, 0.15) is 41.3 Å². The van der Waals surface area contributed by atoms with Gasteiger partial charge in [0.2, 0.25) is 0 Å². The summed E-state index contributed by atoms with van der Waals surface area (Å²) < 4.78 is 0. The van der Waals surface area contributed by atoms with E-state index in [0.717, 1.165) is 40.0 Å². The lowest BCUT2D eigenvalue weighted by atomic mass is 9.96. The second kappa shape index (κ2) is 8.74. The highest BCUT2D eigenvalue weighted by Crippen LogP contribution is 2.39. The van der Waals surface area contributed by atoms with Crippen molar-refractivity contribution in [1.82, 2.24) is 10.3 Å². The molecule has 1 aliphatic rings. The van der Waals surface area contributed by atoms with E-state index in [2.05, 4.69) is 17.2 Å². The number of carbonyl (C=O) groups is 1. The van der Waals surface area contributed by atoms with Crippen molar-refractivity contribution >= 4 is 22.4 Å². The molecule has 0 bridgehead atoms. The summed E-state index contributed by atoms with van der Waals surface area (Å²) in [7, 11) is 0. The van der Waals surface area contributed by atoms with Crippen LogP contribution in [0.15, 0.2) is 88.6 Å². The van der Waals surface area contributed by atoms with Gasteiger partial charge in [-0.2, -0.15) is 0 Å². The van der Waals surface area contributed by atoms with E-state index in [1.54, 1.807) is 6.07 Å². The Morgan fingerprint density at radius 3 is 2.33 bits per heavy atom. The van der Waals surface area contributed by atoms with E-state index in [9.17, 15) is 9.90 Å². The molecule has 0 unspecified atom stereocenters. The Bertz CT molecular complexity index is 1460. The molecule has 1 aliphatic heterocycles. The van der Waals surface area contributed by atoms with E-state index in [-0.39, 0.29) is 11.8 Å². The van der Waals surface area contributed by atoms with Crippen LogP contribution in [-0.4, -0.2) is 22.5 Å². The second-order valence-electron chi connectivity index (χ2n) is 8.00. The SMILES string of the molecule is CCCCNC(=O)c1ccc2[nH]c(O)c(C(=C3N=c4ccccc4=N3)c3ccccc3)c2c1. The Labute approximate surface area is 191 Å². The number of hydrogen-bond acceptors (Lipinski definition) is 4. The lowest BCUT2D eigenvalue weighted by molar-refractivity contribution is 0.0953. The molecule has 33 heavy (non-hydrogen) atoms. The fraction of sp³-hybridized carbons (Fsp3) is 0.148. The number of para-hydroxylation sites is 2. The van der Waals surface area contributed by atoms with Gasteiger partial charge in [-0.05, 0) is 42.3 Å². The molecule has 164 valence electrons. The molecule has 3 aromatic carbocycles. The molecule has 5 rings (SSSR count). The van der Waals surface area contributed by atoms with Crippen LogP contribution in [-0.2, 0) is 0 Å². The fourth-order valence-corrected chi connectivity index (χ4v) is 4.06. The maximum atomic E-state index is 12.7. The monoisotopic (exact) mass is 436 g/mol. The standard InChI is InChI=1S/C27H24N4O2/c1-2-3-15-28-26(32)18-13-14-20-19(16-18)24(27(33)31-20)23(17-9-5-4-6-10-17)25-29-21-11-7-8-12-22(21)30-25/h4-14,16,31,33H,2-3,15H2,1H3,(H,28,32). The Kier molecular flexibility index (Phi) is 5.48. The van der Waals surface area contributed by atoms with E-state index in [1.165, 1.54) is 0 Å². The Hall–Kier alpha value is -4.19. The number of H-pyrrole nitrogens is 1. The summed E-state index contributed by atoms with van der Waals surface area (Å²) in [6.07, 6.45) is 1.94. The summed E-state index contributed by atoms with van der Waals surface area (Å²) in [5.41, 5.74) is 3.44. The third kappa shape index (κ3) is 3.91. The first-order valence-electron chi connectivity index (χ1n) is 11.1. The number of aromatic amines is 1. The van der Waals surface area contributed by atoms with Crippen molar-refractivity contribution < 1.29 is 9.90 Å². The minimum atomic E-state index is -0.131. The van der Waals surface area contributed by atoms with Gasteiger partial charge in [0.1, 0.15) is 0 Å². The normalized spacial score (nSPS) is 12.2. The number of aromatic nitrogens is 1. The van der Waals surface area contributed by atoms with Gasteiger partial charge in [-0.3, -0.25) is 4.79 Å². The van der Waals surface area contributed by atoms with Crippen LogP contribution >= 0.6 is 0 Å². The van der Waals surface area contributed by atoms with Gasteiger partial charge in [0, 0.05) is 28.6 Å². The van der Waals surface area contributed by atoms with Gasteiger partial charge in [-0.25, -0.2) is 9.98 Å². The summed E-state index contributed by atoms with van der Waals surface area (Å²) in [5.74, 6) is 0.409. The van der Waals surface area contributed by atoms with Gasteiger partial charge in [-0.15, -0.1) is 0 Å². The number of unbranched alkanes of at least 4 members (excludes halogenated alkanes) is 1. The minimum absolute atomic E-state index is 0.0150. The van der Waals surface area contributed by atoms with Crippen molar-refractivity contribution in [3.63, 3.8) is 0 Å². The van der Waals surface area contributed by atoms with Gasteiger partial charge < -0.3 is 15.4 Å². The van der Waals surface area contributed by atoms with Crippen LogP contribution in [0.4, 0.5) is 0 Å². The molecule has 0 radical (unpaired) electrons. The number of nitrogens with zero attached hydrogens (tertiary/aromatic N) is 2. The lowest BCUT2D eigenvalue weighted by Crippen LogP contribution is -2.24. The maximum absolute atomic E-state index is 12.7. The molecule has 0 aliphatic carbocycles. The van der Waals surface area contributed by atoms with E-state index in [4.69, 9.17) is 9.98 Å². The molecule has 6 heteroatoms. The molecule has 0 saturated heterocycles. The second-order valence-corrected chi connectivity index (χ2v) is 8.00. The molecule has 0 fully saturated rings. The summed E-state index contributed by atoms with van der Waals surface area (Å²) >= 11 is 0. The van der Waals surface area contributed by atoms with Crippen LogP contribution in [0.3, 0.4) is 0 Å². The quantitative estimate of drug-likeness (QED) is 0.398. The molecule has 6 nitrogen and oxygen atoms in total. The number of rotatable bonds is 6. The van der Waals surface area contributed by atoms with Crippen molar-refractivity contribution in [2.45, 2.75) is 19.8 Å². The highest BCUT2D eigenvalue weighted by atomic mass is 16.3. The number of aromatic hydroxyl groups is 1. The van der Waals surface area contributed by atoms with E-state index in [1.807, 2.05) is 66.7 Å². The molecule has 2 heterocycles. The third-order valence-corrected chi connectivity index (χ3v) is 5.73. The van der Waals surface area contributed by atoms with Gasteiger partial charge in [-0.1, -0.05) is 55.8 Å². The zero-order valence-corrected chi connectivity index (χ0v) is 18.3. The van der Waals surface area contributed by atoms with Gasteiger partial charge in [0.15, 0.2) is 11.7 Å². The van der Waals surface area contributed by atoms with Crippen LogP contribution in [0.2, 0.25) is 0 Å². The Balaban J connectivity index is 1.71.